The molecule has 1 aromatic rings. The average Bonchev–Trinajstić information content (AvgIpc) is 2.33. The lowest BCUT2D eigenvalue weighted by molar-refractivity contribution is -0.120. The molecule has 0 unspecified atom stereocenters. The smallest absolute Gasteiger partial charge is 0.395 e. The largest absolute Gasteiger partial charge is 0.405 e. The number of rotatable bonds is 7. The number of nitrogens with two attached hydrogens (primary N) is 1. The van der Waals surface area contributed by atoms with E-state index in [4.69, 9.17) is 10.8 Å². The van der Waals surface area contributed by atoms with Crippen LogP contribution in [0.15, 0.2) is 6.07 Å². The van der Waals surface area contributed by atoms with Crippen LogP contribution in [0.5, 0.6) is 0 Å². The third kappa shape index (κ3) is 5.47. The highest BCUT2D eigenvalue weighted by Gasteiger charge is 2.31. The lowest BCUT2D eigenvalue weighted by atomic mass is 10.4. The van der Waals surface area contributed by atoms with Gasteiger partial charge in [0.05, 0.1) is 6.61 Å². The van der Waals surface area contributed by atoms with Crippen LogP contribution in [0.1, 0.15) is 13.3 Å². The zero-order valence-electron chi connectivity index (χ0n) is 11.1. The van der Waals surface area contributed by atoms with Crippen molar-refractivity contribution in [2.24, 2.45) is 0 Å². The number of anilines is 3. The second-order valence-corrected chi connectivity index (χ2v) is 4.16. The molecule has 0 aliphatic carbocycles. The standard InChI is InChI=1S/C11H18F3N5O/c1-2-3-16-8-6-9(18-10(15)17-8)19(4-5-20)7-11(12,13)14/h6,20H,2-5,7H2,1H3,(H3,15,16,17,18). The maximum Gasteiger partial charge on any atom is 0.405 e. The van der Waals surface area contributed by atoms with E-state index in [9.17, 15) is 13.2 Å². The summed E-state index contributed by atoms with van der Waals surface area (Å²) in [6, 6.07) is 1.38. The first kappa shape index (κ1) is 16.3. The fraction of sp³-hybridized carbons (Fsp3) is 0.636. The van der Waals surface area contributed by atoms with E-state index < -0.39 is 19.3 Å². The number of nitrogens with one attached hydrogen (secondary N) is 1. The van der Waals surface area contributed by atoms with E-state index in [-0.39, 0.29) is 18.3 Å². The summed E-state index contributed by atoms with van der Waals surface area (Å²) in [6.07, 6.45) is -3.56. The Morgan fingerprint density at radius 3 is 2.65 bits per heavy atom. The van der Waals surface area contributed by atoms with Crippen LogP contribution in [0.2, 0.25) is 0 Å². The van der Waals surface area contributed by atoms with Gasteiger partial charge < -0.3 is 21.1 Å². The van der Waals surface area contributed by atoms with Gasteiger partial charge in [-0.05, 0) is 6.42 Å². The molecule has 0 saturated heterocycles. The molecule has 0 radical (unpaired) electrons. The monoisotopic (exact) mass is 293 g/mol. The first-order chi connectivity index (χ1) is 9.35. The van der Waals surface area contributed by atoms with Crippen molar-refractivity contribution in [1.29, 1.82) is 0 Å². The van der Waals surface area contributed by atoms with Gasteiger partial charge in [0.2, 0.25) is 5.95 Å². The number of aliphatic hydroxyl groups is 1. The SMILES string of the molecule is CCCNc1cc(N(CCO)CC(F)(F)F)nc(N)n1. The maximum absolute atomic E-state index is 12.5. The van der Waals surface area contributed by atoms with Gasteiger partial charge in [0.1, 0.15) is 18.2 Å². The van der Waals surface area contributed by atoms with Gasteiger partial charge in [-0.1, -0.05) is 6.92 Å². The molecule has 0 aliphatic rings. The molecule has 6 nitrogen and oxygen atoms in total. The van der Waals surface area contributed by atoms with E-state index in [1.54, 1.807) is 0 Å². The molecule has 9 heteroatoms. The summed E-state index contributed by atoms with van der Waals surface area (Å²) in [5, 5.41) is 11.8. The molecule has 1 aromatic heterocycles. The summed E-state index contributed by atoms with van der Waals surface area (Å²) in [6.45, 7) is 0.744. The summed E-state index contributed by atoms with van der Waals surface area (Å²) in [5.74, 6) is 0.271. The van der Waals surface area contributed by atoms with Crippen molar-refractivity contribution in [3.63, 3.8) is 0 Å². The summed E-state index contributed by atoms with van der Waals surface area (Å²) >= 11 is 0. The Balaban J connectivity index is 2.96. The van der Waals surface area contributed by atoms with Crippen molar-refractivity contribution >= 4 is 17.6 Å². The zero-order chi connectivity index (χ0) is 15.2. The third-order valence-electron chi connectivity index (χ3n) is 2.35. The van der Waals surface area contributed by atoms with Gasteiger partial charge in [-0.15, -0.1) is 0 Å². The molecule has 0 spiro atoms. The molecular weight excluding hydrogens is 275 g/mol. The number of halogens is 3. The molecule has 1 rings (SSSR count). The number of alkyl halides is 3. The molecule has 0 amide bonds. The number of nitrogen functional groups attached to an aromatic ring is 1. The quantitative estimate of drug-likeness (QED) is 0.701. The number of hydrogen-bond acceptors (Lipinski definition) is 6. The molecule has 20 heavy (non-hydrogen) atoms. The van der Waals surface area contributed by atoms with E-state index in [0.29, 0.717) is 12.4 Å². The first-order valence-corrected chi connectivity index (χ1v) is 6.16. The highest BCUT2D eigenvalue weighted by atomic mass is 19.4. The number of hydrogen-bond donors (Lipinski definition) is 3. The Bertz CT molecular complexity index is 427. The second-order valence-electron chi connectivity index (χ2n) is 4.16. The molecule has 0 aliphatic heterocycles. The van der Waals surface area contributed by atoms with E-state index in [2.05, 4.69) is 15.3 Å². The molecule has 0 atom stereocenters. The number of aliphatic hydroxyl groups excluding tert-OH is 1. The lowest BCUT2D eigenvalue weighted by Crippen LogP contribution is -2.37. The van der Waals surface area contributed by atoms with Crippen LogP contribution in [-0.2, 0) is 0 Å². The Morgan fingerprint density at radius 2 is 2.10 bits per heavy atom. The number of aromatic nitrogens is 2. The van der Waals surface area contributed by atoms with Gasteiger partial charge in [-0.3, -0.25) is 0 Å². The van der Waals surface area contributed by atoms with Crippen LogP contribution in [-0.4, -0.2) is 47.5 Å². The number of nitrogens with zero attached hydrogens (tertiary/aromatic N) is 3. The lowest BCUT2D eigenvalue weighted by Gasteiger charge is -2.24. The Kier molecular flexibility index (Phi) is 5.81. The van der Waals surface area contributed by atoms with Crippen LogP contribution < -0.4 is 16.0 Å². The topological polar surface area (TPSA) is 87.3 Å². The average molecular weight is 293 g/mol. The third-order valence-corrected chi connectivity index (χ3v) is 2.35. The zero-order valence-corrected chi connectivity index (χ0v) is 11.1. The molecule has 0 fully saturated rings. The minimum atomic E-state index is -4.40. The highest BCUT2D eigenvalue weighted by molar-refractivity contribution is 5.52. The molecular formula is C11H18F3N5O. The summed E-state index contributed by atoms with van der Waals surface area (Å²) in [4.78, 5) is 8.59. The van der Waals surface area contributed by atoms with Crippen LogP contribution in [0.3, 0.4) is 0 Å². The van der Waals surface area contributed by atoms with E-state index in [1.165, 1.54) is 6.07 Å². The predicted octanol–water partition coefficient (Wildman–Crippen LogP) is 1.24. The van der Waals surface area contributed by atoms with Crippen molar-refractivity contribution in [2.45, 2.75) is 19.5 Å². The molecule has 0 aromatic carbocycles. The normalized spacial score (nSPS) is 11.4. The van der Waals surface area contributed by atoms with Crippen molar-refractivity contribution in [3.05, 3.63) is 6.07 Å². The Labute approximate surface area is 114 Å². The minimum Gasteiger partial charge on any atom is -0.395 e. The fourth-order valence-electron chi connectivity index (χ4n) is 1.57. The van der Waals surface area contributed by atoms with Gasteiger partial charge in [0.15, 0.2) is 0 Å². The van der Waals surface area contributed by atoms with Gasteiger partial charge in [0.25, 0.3) is 0 Å². The van der Waals surface area contributed by atoms with E-state index in [0.717, 1.165) is 11.3 Å². The van der Waals surface area contributed by atoms with Gasteiger partial charge in [-0.25, -0.2) is 0 Å². The van der Waals surface area contributed by atoms with E-state index in [1.807, 2.05) is 6.92 Å². The Morgan fingerprint density at radius 1 is 1.40 bits per heavy atom. The summed E-state index contributed by atoms with van der Waals surface area (Å²) in [5.41, 5.74) is 5.50. The van der Waals surface area contributed by atoms with Crippen LogP contribution in [0, 0.1) is 0 Å². The van der Waals surface area contributed by atoms with Crippen molar-refractivity contribution in [2.75, 3.05) is 42.2 Å². The van der Waals surface area contributed by atoms with Crippen molar-refractivity contribution < 1.29 is 18.3 Å². The summed E-state index contributed by atoms with van der Waals surface area (Å²) in [7, 11) is 0. The molecule has 0 saturated carbocycles. The minimum absolute atomic E-state index is 0.0301. The molecule has 114 valence electrons. The fourth-order valence-corrected chi connectivity index (χ4v) is 1.57. The van der Waals surface area contributed by atoms with Crippen molar-refractivity contribution in [1.82, 2.24) is 9.97 Å². The van der Waals surface area contributed by atoms with Gasteiger partial charge in [0, 0.05) is 19.2 Å². The molecule has 0 bridgehead atoms. The second kappa shape index (κ2) is 7.13. The summed E-state index contributed by atoms with van der Waals surface area (Å²) < 4.78 is 37.5. The van der Waals surface area contributed by atoms with E-state index >= 15 is 0 Å². The van der Waals surface area contributed by atoms with Crippen LogP contribution in [0.4, 0.5) is 30.8 Å². The Hall–Kier alpha value is -1.77. The maximum atomic E-state index is 12.5. The first-order valence-electron chi connectivity index (χ1n) is 6.16. The van der Waals surface area contributed by atoms with Crippen LogP contribution >= 0.6 is 0 Å². The predicted molar refractivity (Wildman–Crippen MR) is 70.6 cm³/mol. The van der Waals surface area contributed by atoms with Crippen molar-refractivity contribution in [3.8, 4) is 0 Å². The van der Waals surface area contributed by atoms with Gasteiger partial charge >= 0.3 is 6.18 Å². The van der Waals surface area contributed by atoms with Gasteiger partial charge in [-0.2, -0.15) is 23.1 Å². The van der Waals surface area contributed by atoms with Crippen LogP contribution in [0.25, 0.3) is 0 Å². The highest BCUT2D eigenvalue weighted by Crippen LogP contribution is 2.22. The molecule has 4 N–H and O–H groups in total. The molecule has 1 heterocycles.